The van der Waals surface area contributed by atoms with Crippen LogP contribution in [0.15, 0.2) is 41.5 Å². The van der Waals surface area contributed by atoms with Crippen molar-refractivity contribution in [1.29, 1.82) is 0 Å². The highest BCUT2D eigenvalue weighted by molar-refractivity contribution is 6.04. The van der Waals surface area contributed by atoms with Crippen molar-refractivity contribution in [2.45, 2.75) is 6.54 Å². The minimum atomic E-state index is -0.368. The molecule has 0 atom stereocenters. The van der Waals surface area contributed by atoms with Crippen LogP contribution < -0.4 is 5.56 Å². The van der Waals surface area contributed by atoms with Gasteiger partial charge in [0.2, 0.25) is 0 Å². The first-order chi connectivity index (χ1) is 11.6. The summed E-state index contributed by atoms with van der Waals surface area (Å²) in [6.45, 7) is 0.166. The molecule has 0 aliphatic heterocycles. The van der Waals surface area contributed by atoms with Gasteiger partial charge in [-0.1, -0.05) is 18.2 Å². The smallest absolute Gasteiger partial charge is 0.275 e. The number of nitrogens with one attached hydrogen (secondary N) is 1. The third-order valence-electron chi connectivity index (χ3n) is 3.71. The summed E-state index contributed by atoms with van der Waals surface area (Å²) in [6, 6.07) is 6.86. The van der Waals surface area contributed by atoms with Gasteiger partial charge in [-0.05, 0) is 6.07 Å². The molecule has 1 aromatic carbocycles. The van der Waals surface area contributed by atoms with E-state index in [0.29, 0.717) is 16.6 Å². The molecule has 3 rings (SSSR count). The molecular weight excluding hydrogens is 310 g/mol. The maximum Gasteiger partial charge on any atom is 0.275 e. The Morgan fingerprint density at radius 1 is 1.33 bits per heavy atom. The second-order valence-corrected chi connectivity index (χ2v) is 5.31. The Kier molecular flexibility index (Phi) is 4.39. The lowest BCUT2D eigenvalue weighted by Gasteiger charge is -2.21. The zero-order valence-corrected chi connectivity index (χ0v) is 13.1. The van der Waals surface area contributed by atoms with E-state index in [-0.39, 0.29) is 36.9 Å². The molecular formula is C16H17N5O3. The predicted molar refractivity (Wildman–Crippen MR) is 87.4 cm³/mol. The molecule has 0 saturated carbocycles. The van der Waals surface area contributed by atoms with E-state index in [0.717, 1.165) is 4.68 Å². The SMILES string of the molecule is Cn1nc(C(=O)N(CCO)Cc2ncc[nH]2)c2ccccc2c1=O. The maximum atomic E-state index is 12.9. The Bertz CT molecular complexity index is 917. The number of H-pyrrole nitrogens is 1. The summed E-state index contributed by atoms with van der Waals surface area (Å²) in [5.41, 5.74) is -0.0883. The van der Waals surface area contributed by atoms with Crippen LogP contribution in [0.5, 0.6) is 0 Å². The highest BCUT2D eigenvalue weighted by atomic mass is 16.3. The lowest BCUT2D eigenvalue weighted by molar-refractivity contribution is 0.0697. The minimum absolute atomic E-state index is 0.137. The third-order valence-corrected chi connectivity index (χ3v) is 3.71. The number of fused-ring (bicyclic) bond motifs is 1. The van der Waals surface area contributed by atoms with E-state index < -0.39 is 0 Å². The first kappa shape index (κ1) is 15.9. The number of amides is 1. The number of rotatable bonds is 5. The van der Waals surface area contributed by atoms with E-state index in [2.05, 4.69) is 15.1 Å². The Morgan fingerprint density at radius 3 is 2.75 bits per heavy atom. The van der Waals surface area contributed by atoms with Crippen molar-refractivity contribution >= 4 is 16.7 Å². The van der Waals surface area contributed by atoms with Crippen LogP contribution in [0.3, 0.4) is 0 Å². The first-order valence-corrected chi connectivity index (χ1v) is 7.46. The molecule has 0 fully saturated rings. The number of aliphatic hydroxyl groups excluding tert-OH is 1. The van der Waals surface area contributed by atoms with Gasteiger partial charge in [0.15, 0.2) is 5.69 Å². The molecule has 0 saturated heterocycles. The largest absolute Gasteiger partial charge is 0.395 e. The quantitative estimate of drug-likeness (QED) is 0.701. The van der Waals surface area contributed by atoms with Gasteiger partial charge in [0.1, 0.15) is 5.82 Å². The van der Waals surface area contributed by atoms with Crippen molar-refractivity contribution in [3.05, 3.63) is 58.5 Å². The van der Waals surface area contributed by atoms with E-state index in [1.165, 1.54) is 11.9 Å². The van der Waals surface area contributed by atoms with Gasteiger partial charge in [0.25, 0.3) is 11.5 Å². The molecule has 1 amide bonds. The molecule has 8 nitrogen and oxygen atoms in total. The summed E-state index contributed by atoms with van der Waals surface area (Å²) in [4.78, 5) is 33.6. The van der Waals surface area contributed by atoms with Gasteiger partial charge >= 0.3 is 0 Å². The van der Waals surface area contributed by atoms with Crippen LogP contribution in [0.2, 0.25) is 0 Å². The monoisotopic (exact) mass is 327 g/mol. The van der Waals surface area contributed by atoms with Gasteiger partial charge in [-0.2, -0.15) is 5.10 Å². The number of carbonyl (C=O) groups excluding carboxylic acids is 1. The second-order valence-electron chi connectivity index (χ2n) is 5.31. The molecule has 0 radical (unpaired) electrons. The van der Waals surface area contributed by atoms with Crippen molar-refractivity contribution in [3.63, 3.8) is 0 Å². The average Bonchev–Trinajstić information content (AvgIpc) is 3.10. The summed E-state index contributed by atoms with van der Waals surface area (Å²) in [7, 11) is 1.51. The second kappa shape index (κ2) is 6.63. The first-order valence-electron chi connectivity index (χ1n) is 7.46. The fourth-order valence-electron chi connectivity index (χ4n) is 2.55. The molecule has 0 bridgehead atoms. The van der Waals surface area contributed by atoms with Crippen LogP contribution in [0.4, 0.5) is 0 Å². The van der Waals surface area contributed by atoms with Crippen LogP contribution in [0.25, 0.3) is 10.8 Å². The van der Waals surface area contributed by atoms with Crippen LogP contribution in [0, 0.1) is 0 Å². The Hall–Kier alpha value is -3.00. The highest BCUT2D eigenvalue weighted by Crippen LogP contribution is 2.15. The lowest BCUT2D eigenvalue weighted by Crippen LogP contribution is -2.35. The van der Waals surface area contributed by atoms with Crippen molar-refractivity contribution in [3.8, 4) is 0 Å². The number of aryl methyl sites for hydroxylation is 1. The molecule has 0 aliphatic rings. The normalized spacial score (nSPS) is 10.9. The van der Waals surface area contributed by atoms with Crippen molar-refractivity contribution in [1.82, 2.24) is 24.6 Å². The highest BCUT2D eigenvalue weighted by Gasteiger charge is 2.22. The Balaban J connectivity index is 2.05. The van der Waals surface area contributed by atoms with Crippen LogP contribution in [-0.2, 0) is 13.6 Å². The summed E-state index contributed by atoms with van der Waals surface area (Å²) in [5.74, 6) is 0.234. The lowest BCUT2D eigenvalue weighted by atomic mass is 10.1. The maximum absolute atomic E-state index is 12.9. The van der Waals surface area contributed by atoms with Gasteiger partial charge in [0.05, 0.1) is 18.5 Å². The molecule has 2 N–H and O–H groups in total. The van der Waals surface area contributed by atoms with Gasteiger partial charge in [-0.3, -0.25) is 9.59 Å². The van der Waals surface area contributed by atoms with Gasteiger partial charge in [-0.15, -0.1) is 0 Å². The minimum Gasteiger partial charge on any atom is -0.395 e. The average molecular weight is 327 g/mol. The third kappa shape index (κ3) is 2.91. The Labute approximate surface area is 137 Å². The fraction of sp³-hybridized carbons (Fsp3) is 0.250. The van der Waals surface area contributed by atoms with E-state index >= 15 is 0 Å². The molecule has 2 aromatic heterocycles. The van der Waals surface area contributed by atoms with Gasteiger partial charge in [-0.25, -0.2) is 9.67 Å². The summed E-state index contributed by atoms with van der Waals surface area (Å²) >= 11 is 0. The topological polar surface area (TPSA) is 104 Å². The van der Waals surface area contributed by atoms with Crippen LogP contribution >= 0.6 is 0 Å². The summed E-state index contributed by atoms with van der Waals surface area (Å²) < 4.78 is 1.15. The number of aromatic nitrogens is 4. The molecule has 124 valence electrons. The predicted octanol–water partition coefficient (Wildman–Crippen LogP) is 0.291. The number of benzene rings is 1. The van der Waals surface area contributed by atoms with E-state index in [1.807, 2.05) is 0 Å². The van der Waals surface area contributed by atoms with E-state index in [9.17, 15) is 14.7 Å². The number of imidazole rings is 1. The zero-order valence-electron chi connectivity index (χ0n) is 13.1. The van der Waals surface area contributed by atoms with Crippen LogP contribution in [-0.4, -0.2) is 48.8 Å². The fourth-order valence-corrected chi connectivity index (χ4v) is 2.55. The number of nitrogens with zero attached hydrogens (tertiary/aromatic N) is 4. The molecule has 24 heavy (non-hydrogen) atoms. The molecule has 2 heterocycles. The van der Waals surface area contributed by atoms with E-state index in [1.54, 1.807) is 36.7 Å². The van der Waals surface area contributed by atoms with Gasteiger partial charge in [0, 0.05) is 31.4 Å². The molecule has 8 heteroatoms. The molecule has 0 spiro atoms. The van der Waals surface area contributed by atoms with Gasteiger partial charge < -0.3 is 15.0 Å². The van der Waals surface area contributed by atoms with Crippen molar-refractivity contribution < 1.29 is 9.90 Å². The number of carbonyl (C=O) groups is 1. The van der Waals surface area contributed by atoms with Crippen molar-refractivity contribution in [2.75, 3.05) is 13.2 Å². The van der Waals surface area contributed by atoms with Crippen molar-refractivity contribution in [2.24, 2.45) is 7.05 Å². The summed E-state index contributed by atoms with van der Waals surface area (Å²) in [5, 5.41) is 14.3. The molecule has 0 aliphatic carbocycles. The summed E-state index contributed by atoms with van der Waals surface area (Å²) in [6.07, 6.45) is 3.26. The Morgan fingerprint density at radius 2 is 2.08 bits per heavy atom. The van der Waals surface area contributed by atoms with E-state index in [4.69, 9.17) is 0 Å². The zero-order chi connectivity index (χ0) is 17.1. The van der Waals surface area contributed by atoms with Crippen LogP contribution in [0.1, 0.15) is 16.3 Å². The number of hydrogen-bond donors (Lipinski definition) is 2. The molecule has 0 unspecified atom stereocenters. The standard InChI is InChI=1S/C16H17N5O3/c1-20-15(23)12-5-3-2-4-11(12)14(19-20)16(24)21(8-9-22)10-13-17-6-7-18-13/h2-7,22H,8-10H2,1H3,(H,17,18). The number of hydrogen-bond acceptors (Lipinski definition) is 5. The number of aliphatic hydroxyl groups is 1. The number of aromatic amines is 1. The molecule has 3 aromatic rings.